The molecule has 2 aliphatic heterocycles. The first-order valence-corrected chi connectivity index (χ1v) is 12.7. The van der Waals surface area contributed by atoms with E-state index >= 15 is 0 Å². The van der Waals surface area contributed by atoms with Crippen molar-refractivity contribution in [1.29, 1.82) is 0 Å². The van der Waals surface area contributed by atoms with Crippen LogP contribution < -0.4 is 4.90 Å². The number of hydrogen-bond donors (Lipinski definition) is 0. The SMILES string of the molecule is CC(C)S(=O)(=O)CC1CCN(C(=O)Cc2ccc(N3C[C@@H](C)O[C@@H](C)C3)nc2)CC1. The van der Waals surface area contributed by atoms with Crippen molar-refractivity contribution in [3.05, 3.63) is 23.9 Å². The summed E-state index contributed by atoms with van der Waals surface area (Å²) in [5.74, 6) is 1.39. The van der Waals surface area contributed by atoms with Crippen molar-refractivity contribution in [1.82, 2.24) is 9.88 Å². The van der Waals surface area contributed by atoms with Gasteiger partial charge >= 0.3 is 0 Å². The lowest BCUT2D eigenvalue weighted by molar-refractivity contribution is -0.131. The lowest BCUT2D eigenvalue weighted by atomic mass is 9.98. The number of hydrogen-bond acceptors (Lipinski definition) is 6. The molecule has 3 rings (SSSR count). The van der Waals surface area contributed by atoms with Gasteiger partial charge in [-0.2, -0.15) is 0 Å². The molecule has 0 aliphatic carbocycles. The molecule has 1 aromatic heterocycles. The number of likely N-dealkylation sites (tertiary alicyclic amines) is 1. The molecule has 0 saturated carbocycles. The van der Waals surface area contributed by atoms with Crippen molar-refractivity contribution in [2.75, 3.05) is 36.8 Å². The summed E-state index contributed by atoms with van der Waals surface area (Å²) >= 11 is 0. The number of sulfone groups is 1. The average molecular weight is 438 g/mol. The van der Waals surface area contributed by atoms with Gasteiger partial charge in [-0.1, -0.05) is 6.07 Å². The highest BCUT2D eigenvalue weighted by molar-refractivity contribution is 7.91. The van der Waals surface area contributed by atoms with E-state index in [1.807, 2.05) is 17.0 Å². The lowest BCUT2D eigenvalue weighted by Gasteiger charge is -2.36. The summed E-state index contributed by atoms with van der Waals surface area (Å²) in [5.41, 5.74) is 0.905. The van der Waals surface area contributed by atoms with Crippen LogP contribution in [0.3, 0.4) is 0 Å². The van der Waals surface area contributed by atoms with E-state index in [2.05, 4.69) is 23.7 Å². The monoisotopic (exact) mass is 437 g/mol. The number of pyridine rings is 1. The van der Waals surface area contributed by atoms with Crippen LogP contribution in [-0.2, 0) is 25.8 Å². The van der Waals surface area contributed by atoms with Crippen LogP contribution in [0.5, 0.6) is 0 Å². The van der Waals surface area contributed by atoms with Crippen LogP contribution in [0.15, 0.2) is 18.3 Å². The predicted octanol–water partition coefficient (Wildman–Crippen LogP) is 2.30. The third kappa shape index (κ3) is 5.94. The molecule has 8 heteroatoms. The third-order valence-electron chi connectivity index (χ3n) is 6.06. The Kier molecular flexibility index (Phi) is 7.39. The fourth-order valence-corrected chi connectivity index (χ4v) is 5.61. The maximum absolute atomic E-state index is 12.7. The Bertz CT molecular complexity index is 807. The average Bonchev–Trinajstić information content (AvgIpc) is 2.68. The normalized spacial score (nSPS) is 23.8. The van der Waals surface area contributed by atoms with Crippen molar-refractivity contribution in [2.45, 2.75) is 64.4 Å². The summed E-state index contributed by atoms with van der Waals surface area (Å²) in [6, 6.07) is 3.96. The molecular weight excluding hydrogens is 402 g/mol. The highest BCUT2D eigenvalue weighted by atomic mass is 32.2. The molecule has 30 heavy (non-hydrogen) atoms. The molecule has 2 saturated heterocycles. The molecule has 7 nitrogen and oxygen atoms in total. The van der Waals surface area contributed by atoms with Crippen LogP contribution in [-0.4, -0.2) is 73.6 Å². The van der Waals surface area contributed by atoms with Gasteiger partial charge in [-0.3, -0.25) is 4.79 Å². The molecule has 0 N–H and O–H groups in total. The zero-order chi connectivity index (χ0) is 21.9. The zero-order valence-corrected chi connectivity index (χ0v) is 19.4. The molecule has 1 aromatic rings. The van der Waals surface area contributed by atoms with Crippen molar-refractivity contribution in [3.8, 4) is 0 Å². The number of carbonyl (C=O) groups is 1. The Morgan fingerprint density at radius 1 is 1.17 bits per heavy atom. The van der Waals surface area contributed by atoms with Crippen LogP contribution in [0.1, 0.15) is 46.1 Å². The van der Waals surface area contributed by atoms with Gasteiger partial charge in [-0.25, -0.2) is 13.4 Å². The van der Waals surface area contributed by atoms with Gasteiger partial charge in [0, 0.05) is 32.4 Å². The van der Waals surface area contributed by atoms with Gasteiger partial charge in [-0.05, 0) is 58.1 Å². The van der Waals surface area contributed by atoms with Crippen LogP contribution in [0.4, 0.5) is 5.82 Å². The minimum Gasteiger partial charge on any atom is -0.372 e. The maximum Gasteiger partial charge on any atom is 0.227 e. The van der Waals surface area contributed by atoms with Crippen molar-refractivity contribution in [2.24, 2.45) is 5.92 Å². The van der Waals surface area contributed by atoms with Crippen molar-refractivity contribution in [3.63, 3.8) is 0 Å². The molecule has 2 aliphatic rings. The largest absolute Gasteiger partial charge is 0.372 e. The number of amides is 1. The number of piperidine rings is 1. The number of ether oxygens (including phenoxy) is 1. The molecule has 0 unspecified atom stereocenters. The molecule has 2 fully saturated rings. The van der Waals surface area contributed by atoms with Gasteiger partial charge in [0.1, 0.15) is 5.82 Å². The van der Waals surface area contributed by atoms with E-state index < -0.39 is 9.84 Å². The summed E-state index contributed by atoms with van der Waals surface area (Å²) in [7, 11) is -3.03. The van der Waals surface area contributed by atoms with E-state index in [0.29, 0.717) is 19.5 Å². The molecule has 3 heterocycles. The fraction of sp³-hybridized carbons (Fsp3) is 0.727. The first-order chi connectivity index (χ1) is 14.1. The Hall–Kier alpha value is -1.67. The minimum atomic E-state index is -3.03. The van der Waals surface area contributed by atoms with Crippen LogP contribution in [0.25, 0.3) is 0 Å². The molecule has 0 aromatic carbocycles. The Labute approximate surface area is 180 Å². The van der Waals surface area contributed by atoms with Gasteiger partial charge in [0.15, 0.2) is 9.84 Å². The third-order valence-corrected chi connectivity index (χ3v) is 8.43. The molecule has 0 bridgehead atoms. The van der Waals surface area contributed by atoms with Gasteiger partial charge < -0.3 is 14.5 Å². The van der Waals surface area contributed by atoms with Gasteiger partial charge in [0.05, 0.1) is 29.6 Å². The van der Waals surface area contributed by atoms with E-state index in [0.717, 1.165) is 37.3 Å². The highest BCUT2D eigenvalue weighted by Crippen LogP contribution is 2.22. The van der Waals surface area contributed by atoms with Crippen LogP contribution in [0.2, 0.25) is 0 Å². The van der Waals surface area contributed by atoms with Crippen LogP contribution in [0, 0.1) is 5.92 Å². The van der Waals surface area contributed by atoms with Gasteiger partial charge in [-0.15, -0.1) is 0 Å². The quantitative estimate of drug-likeness (QED) is 0.679. The number of carbonyl (C=O) groups excluding carboxylic acids is 1. The summed E-state index contributed by atoms with van der Waals surface area (Å²) < 4.78 is 30.0. The molecule has 0 spiro atoms. The fourth-order valence-electron chi connectivity index (χ4n) is 4.23. The van der Waals surface area contributed by atoms with E-state index in [-0.39, 0.29) is 35.0 Å². The number of aromatic nitrogens is 1. The second kappa shape index (κ2) is 9.64. The summed E-state index contributed by atoms with van der Waals surface area (Å²) in [5, 5.41) is -0.337. The van der Waals surface area contributed by atoms with E-state index in [1.54, 1.807) is 20.0 Å². The second-order valence-corrected chi connectivity index (χ2v) is 11.7. The summed E-state index contributed by atoms with van der Waals surface area (Å²) in [6.07, 6.45) is 3.98. The molecule has 1 amide bonds. The van der Waals surface area contributed by atoms with E-state index in [1.165, 1.54) is 0 Å². The number of nitrogens with zero attached hydrogens (tertiary/aromatic N) is 3. The zero-order valence-electron chi connectivity index (χ0n) is 18.6. The summed E-state index contributed by atoms with van der Waals surface area (Å²) in [4.78, 5) is 21.3. The minimum absolute atomic E-state index is 0.0864. The summed E-state index contributed by atoms with van der Waals surface area (Å²) in [6.45, 7) is 10.5. The molecule has 0 radical (unpaired) electrons. The van der Waals surface area contributed by atoms with Crippen LogP contribution >= 0.6 is 0 Å². The van der Waals surface area contributed by atoms with Gasteiger partial charge in [0.25, 0.3) is 0 Å². The number of morpholine rings is 1. The standard InChI is InChI=1S/C22H35N3O4S/c1-16(2)30(27,28)15-19-7-9-24(10-8-19)22(26)11-20-5-6-21(23-12-20)25-13-17(3)29-18(4)14-25/h5-6,12,16-19H,7-11,13-15H2,1-4H3/t17-,18+. The maximum atomic E-state index is 12.7. The molecule has 168 valence electrons. The second-order valence-electron chi connectivity index (χ2n) is 9.07. The van der Waals surface area contributed by atoms with Crippen molar-refractivity contribution >= 4 is 21.6 Å². The first-order valence-electron chi connectivity index (χ1n) is 11.0. The first kappa shape index (κ1) is 23.0. The Morgan fingerprint density at radius 2 is 1.80 bits per heavy atom. The molecular formula is C22H35N3O4S. The predicted molar refractivity (Wildman–Crippen MR) is 118 cm³/mol. The lowest BCUT2D eigenvalue weighted by Crippen LogP contribution is -2.45. The van der Waals surface area contributed by atoms with E-state index in [9.17, 15) is 13.2 Å². The smallest absolute Gasteiger partial charge is 0.227 e. The number of rotatable bonds is 6. The highest BCUT2D eigenvalue weighted by Gasteiger charge is 2.28. The van der Waals surface area contributed by atoms with E-state index in [4.69, 9.17) is 4.74 Å². The Balaban J connectivity index is 1.50. The topological polar surface area (TPSA) is 79.8 Å². The molecule has 2 atom stereocenters. The number of anilines is 1. The van der Waals surface area contributed by atoms with Gasteiger partial charge in [0.2, 0.25) is 5.91 Å². The van der Waals surface area contributed by atoms with Crippen molar-refractivity contribution < 1.29 is 17.9 Å². The Morgan fingerprint density at radius 3 is 2.33 bits per heavy atom.